The fourth-order valence-corrected chi connectivity index (χ4v) is 1.59. The summed E-state index contributed by atoms with van der Waals surface area (Å²) in [7, 11) is 0. The molecule has 6 heteroatoms. The van der Waals surface area contributed by atoms with Gasteiger partial charge in [0.2, 0.25) is 0 Å². The molecule has 0 bridgehead atoms. The van der Waals surface area contributed by atoms with Crippen LogP contribution in [0.1, 0.15) is 19.3 Å². The van der Waals surface area contributed by atoms with Crippen LogP contribution in [0.3, 0.4) is 0 Å². The molecule has 3 nitrogen and oxygen atoms in total. The Balaban J connectivity index is 0.000000386. The van der Waals surface area contributed by atoms with Crippen LogP contribution in [0.2, 0.25) is 0 Å². The summed E-state index contributed by atoms with van der Waals surface area (Å²) in [5.41, 5.74) is 0. The first kappa shape index (κ1) is 14.6. The van der Waals surface area contributed by atoms with Crippen molar-refractivity contribution in [2.75, 3.05) is 13.1 Å². The van der Waals surface area contributed by atoms with Crippen molar-refractivity contribution < 1.29 is 11.3 Å². The third-order valence-electron chi connectivity index (χ3n) is 2.31. The second-order valence-electron chi connectivity index (χ2n) is 3.43. The van der Waals surface area contributed by atoms with E-state index in [1.807, 2.05) is 18.2 Å². The van der Waals surface area contributed by atoms with Gasteiger partial charge in [-0.2, -0.15) is 0 Å². The van der Waals surface area contributed by atoms with Crippen molar-refractivity contribution in [3.63, 3.8) is 0 Å². The van der Waals surface area contributed by atoms with Crippen molar-refractivity contribution in [3.05, 3.63) is 34.7 Å². The van der Waals surface area contributed by atoms with E-state index >= 15 is 0 Å². The molecule has 0 aromatic carbocycles. The number of piperidine rings is 1. The fraction of sp³-hybridized carbons (Fsp3) is 0.600. The van der Waals surface area contributed by atoms with Crippen molar-refractivity contribution in [1.82, 2.24) is 5.32 Å². The van der Waals surface area contributed by atoms with Crippen molar-refractivity contribution in [3.8, 4) is 0 Å². The van der Waals surface area contributed by atoms with Crippen LogP contribution < -0.4 is 5.32 Å². The van der Waals surface area contributed by atoms with Gasteiger partial charge in [-0.1, -0.05) is 43.3 Å². The van der Waals surface area contributed by atoms with Crippen LogP contribution in [0.5, 0.6) is 0 Å². The Morgan fingerprint density at radius 2 is 2.19 bits per heavy atom. The molecule has 1 atom stereocenters. The summed E-state index contributed by atoms with van der Waals surface area (Å²) in [5.74, 6) is 0.984. The SMILES string of the molecule is C1=CC[N-]C(NC2CCCC[N-]2)=C1.[Br][Cu][Br]. The Kier molecular flexibility index (Phi) is 8.69. The summed E-state index contributed by atoms with van der Waals surface area (Å²) in [4.78, 5) is 0. The molecule has 2 rings (SSSR count). The standard InChI is InChI=1S/C10H15N3.2BrH.Cu/c1-3-7-11-9(5-1)13-10-6-2-4-8-12-10;;;/h1,3,5,10,13H,2,4,6-8H2;2*1H;/q-2;;;+2/p-2. The molecule has 1 unspecified atom stereocenters. The summed E-state index contributed by atoms with van der Waals surface area (Å²) in [5, 5.41) is 12.1. The summed E-state index contributed by atoms with van der Waals surface area (Å²) < 4.78 is 0. The number of hydrogen-bond acceptors (Lipinski definition) is 1. The van der Waals surface area contributed by atoms with Crippen LogP contribution >= 0.6 is 28.2 Å². The number of nitrogens with one attached hydrogen (secondary N) is 1. The molecule has 97 valence electrons. The van der Waals surface area contributed by atoms with Gasteiger partial charge < -0.3 is 16.0 Å². The topological polar surface area (TPSA) is 40.2 Å². The Bertz CT molecular complexity index is 240. The van der Waals surface area contributed by atoms with Gasteiger partial charge in [-0.15, -0.1) is 12.7 Å². The summed E-state index contributed by atoms with van der Waals surface area (Å²) in [6.45, 7) is 1.80. The number of allylic oxidation sites excluding steroid dienone is 2. The second-order valence-corrected chi connectivity index (χ2v) is 8.18. The molecule has 2 aliphatic rings. The summed E-state index contributed by atoms with van der Waals surface area (Å²) in [6.07, 6.45) is 10.1. The number of nitrogens with zero attached hydrogens (tertiary/aromatic N) is 2. The van der Waals surface area contributed by atoms with Crippen molar-refractivity contribution in [2.45, 2.75) is 25.4 Å². The minimum absolute atomic E-state index is 0.301. The molecule has 0 saturated carbocycles. The van der Waals surface area contributed by atoms with E-state index in [0.29, 0.717) is 6.17 Å². The zero-order chi connectivity index (χ0) is 11.6. The third kappa shape index (κ3) is 6.30. The molecular formula is C10H15Br2CuN3-2. The van der Waals surface area contributed by atoms with E-state index < -0.39 is 0 Å². The van der Waals surface area contributed by atoms with E-state index in [-0.39, 0.29) is 0 Å². The molecule has 1 N–H and O–H groups in total. The fourth-order valence-electron chi connectivity index (χ4n) is 1.59. The number of halogens is 2. The maximum absolute atomic E-state index is 4.49. The molecule has 2 heterocycles. The van der Waals surface area contributed by atoms with E-state index in [1.54, 1.807) is 0 Å². The minimum atomic E-state index is 0.301. The average Bonchev–Trinajstić information content (AvgIpc) is 2.33. The maximum atomic E-state index is 4.49. The van der Waals surface area contributed by atoms with Crippen LogP contribution in [0, 0.1) is 0 Å². The molecular weight excluding hydrogens is 385 g/mol. The van der Waals surface area contributed by atoms with Gasteiger partial charge in [-0.05, 0) is 6.54 Å². The zero-order valence-corrected chi connectivity index (χ0v) is 12.9. The molecule has 2 aliphatic heterocycles. The first-order valence-electron chi connectivity index (χ1n) is 5.15. The van der Waals surface area contributed by atoms with Crippen LogP contribution in [0.4, 0.5) is 0 Å². The van der Waals surface area contributed by atoms with Crippen molar-refractivity contribution in [1.29, 1.82) is 0 Å². The Morgan fingerprint density at radius 1 is 1.38 bits per heavy atom. The van der Waals surface area contributed by atoms with Gasteiger partial charge >= 0.3 is 39.6 Å². The first-order valence-corrected chi connectivity index (χ1v) is 9.81. The molecule has 0 aromatic rings. The van der Waals surface area contributed by atoms with Gasteiger partial charge in [-0.3, -0.25) is 0 Å². The molecule has 0 aromatic heterocycles. The van der Waals surface area contributed by atoms with E-state index in [1.165, 1.54) is 24.2 Å². The molecule has 1 saturated heterocycles. The quantitative estimate of drug-likeness (QED) is 0.701. The molecule has 0 radical (unpaired) electrons. The van der Waals surface area contributed by atoms with E-state index in [2.05, 4.69) is 44.2 Å². The van der Waals surface area contributed by atoms with Gasteiger partial charge in [0.1, 0.15) is 0 Å². The van der Waals surface area contributed by atoms with Gasteiger partial charge in [0.25, 0.3) is 0 Å². The molecule has 0 aliphatic carbocycles. The monoisotopic (exact) mass is 398 g/mol. The van der Waals surface area contributed by atoms with Crippen LogP contribution in [0.25, 0.3) is 10.6 Å². The summed E-state index contributed by atoms with van der Waals surface area (Å²) >= 11 is 7.38. The Labute approximate surface area is 117 Å². The third-order valence-corrected chi connectivity index (χ3v) is 2.31. The normalized spacial score (nSPS) is 23.9. The van der Waals surface area contributed by atoms with Gasteiger partial charge in [0, 0.05) is 0 Å². The van der Waals surface area contributed by atoms with Crippen molar-refractivity contribution >= 4 is 28.2 Å². The Morgan fingerprint density at radius 3 is 2.75 bits per heavy atom. The number of rotatable bonds is 2. The Hall–Kier alpha value is 0.519. The first-order chi connectivity index (χ1) is 7.86. The molecule has 0 amide bonds. The zero-order valence-electron chi connectivity index (χ0n) is 8.80. The van der Waals surface area contributed by atoms with Gasteiger partial charge in [-0.25, -0.2) is 0 Å². The second kappa shape index (κ2) is 9.54. The van der Waals surface area contributed by atoms with E-state index in [0.717, 1.165) is 25.3 Å². The van der Waals surface area contributed by atoms with Crippen LogP contribution in [0.15, 0.2) is 24.0 Å². The molecule has 1 fully saturated rings. The van der Waals surface area contributed by atoms with Gasteiger partial charge in [0.15, 0.2) is 0 Å². The van der Waals surface area contributed by atoms with E-state index in [4.69, 9.17) is 0 Å². The molecule has 0 spiro atoms. The molecule has 16 heavy (non-hydrogen) atoms. The average molecular weight is 401 g/mol. The predicted octanol–water partition coefficient (Wildman–Crippen LogP) is 3.93. The number of hydrogen-bond donors (Lipinski definition) is 1. The summed E-state index contributed by atoms with van der Waals surface area (Å²) in [6, 6.07) is 0. The van der Waals surface area contributed by atoms with Crippen LogP contribution in [-0.2, 0) is 11.3 Å². The van der Waals surface area contributed by atoms with Crippen LogP contribution in [-0.4, -0.2) is 19.3 Å². The van der Waals surface area contributed by atoms with Gasteiger partial charge in [0.05, 0.1) is 0 Å². The van der Waals surface area contributed by atoms with Crippen molar-refractivity contribution in [2.24, 2.45) is 0 Å². The predicted molar refractivity (Wildman–Crippen MR) is 72.3 cm³/mol. The van der Waals surface area contributed by atoms with E-state index in [9.17, 15) is 0 Å².